The second-order valence-electron chi connectivity index (χ2n) is 7.38. The molecule has 1 aromatic heterocycles. The summed E-state index contributed by atoms with van der Waals surface area (Å²) in [6, 6.07) is 7.71. The van der Waals surface area contributed by atoms with Crippen molar-refractivity contribution in [3.63, 3.8) is 0 Å². The number of rotatable bonds is 9. The second-order valence-corrected chi connectivity index (χ2v) is 7.38. The van der Waals surface area contributed by atoms with Crippen molar-refractivity contribution in [2.45, 2.75) is 46.1 Å². The van der Waals surface area contributed by atoms with E-state index >= 15 is 0 Å². The first kappa shape index (κ1) is 22.3. The Kier molecular flexibility index (Phi) is 7.28. The summed E-state index contributed by atoms with van der Waals surface area (Å²) in [5.41, 5.74) is 8.30. The highest BCUT2D eigenvalue weighted by Crippen LogP contribution is 2.20. The SMILES string of the molecule is CCc1nc(C(N)=O)c(Nc2cccc(CCNC(=O)C(C)(C)NC)c2)nc1C. The van der Waals surface area contributed by atoms with E-state index in [-0.39, 0.29) is 11.6 Å². The number of nitrogens with zero attached hydrogens (tertiary/aromatic N) is 2. The lowest BCUT2D eigenvalue weighted by Gasteiger charge is -2.22. The van der Waals surface area contributed by atoms with Gasteiger partial charge in [-0.1, -0.05) is 19.1 Å². The molecule has 0 aliphatic heterocycles. The Morgan fingerprint density at radius 3 is 2.55 bits per heavy atom. The Bertz CT molecular complexity index is 895. The highest BCUT2D eigenvalue weighted by Gasteiger charge is 2.24. The minimum Gasteiger partial charge on any atom is -0.364 e. The Labute approximate surface area is 171 Å². The molecule has 29 heavy (non-hydrogen) atoms. The molecular formula is C21H30N6O2. The molecule has 0 aliphatic carbocycles. The predicted octanol–water partition coefficient (Wildman–Crippen LogP) is 1.85. The van der Waals surface area contributed by atoms with Gasteiger partial charge in [-0.3, -0.25) is 9.59 Å². The molecule has 1 heterocycles. The molecule has 0 unspecified atom stereocenters. The zero-order chi connectivity index (χ0) is 21.6. The summed E-state index contributed by atoms with van der Waals surface area (Å²) in [7, 11) is 1.76. The van der Waals surface area contributed by atoms with E-state index in [4.69, 9.17) is 5.73 Å². The van der Waals surface area contributed by atoms with Crippen LogP contribution < -0.4 is 21.7 Å². The number of nitrogens with one attached hydrogen (secondary N) is 3. The molecule has 0 saturated carbocycles. The lowest BCUT2D eigenvalue weighted by molar-refractivity contribution is -0.126. The van der Waals surface area contributed by atoms with Crippen LogP contribution in [0, 0.1) is 6.92 Å². The van der Waals surface area contributed by atoms with Crippen molar-refractivity contribution in [1.82, 2.24) is 20.6 Å². The third-order valence-electron chi connectivity index (χ3n) is 4.82. The van der Waals surface area contributed by atoms with Crippen molar-refractivity contribution < 1.29 is 9.59 Å². The molecule has 2 rings (SSSR count). The molecule has 0 fully saturated rings. The van der Waals surface area contributed by atoms with E-state index in [0.29, 0.717) is 25.2 Å². The number of hydrogen-bond acceptors (Lipinski definition) is 6. The maximum atomic E-state index is 12.1. The number of primary amides is 1. The highest BCUT2D eigenvalue weighted by molar-refractivity contribution is 5.96. The van der Waals surface area contributed by atoms with Gasteiger partial charge in [0.05, 0.1) is 16.9 Å². The monoisotopic (exact) mass is 398 g/mol. The van der Waals surface area contributed by atoms with E-state index in [1.54, 1.807) is 7.05 Å². The van der Waals surface area contributed by atoms with E-state index in [1.165, 1.54) is 0 Å². The Morgan fingerprint density at radius 2 is 1.93 bits per heavy atom. The van der Waals surface area contributed by atoms with Gasteiger partial charge in [-0.2, -0.15) is 0 Å². The first-order valence-electron chi connectivity index (χ1n) is 9.68. The van der Waals surface area contributed by atoms with E-state index < -0.39 is 11.4 Å². The number of nitrogens with two attached hydrogens (primary N) is 1. The Morgan fingerprint density at radius 1 is 1.21 bits per heavy atom. The number of carbonyl (C=O) groups is 2. The number of benzene rings is 1. The molecule has 0 spiro atoms. The van der Waals surface area contributed by atoms with Gasteiger partial charge < -0.3 is 21.7 Å². The summed E-state index contributed by atoms with van der Waals surface area (Å²) in [5, 5.41) is 9.06. The van der Waals surface area contributed by atoms with Crippen LogP contribution in [0.15, 0.2) is 24.3 Å². The van der Waals surface area contributed by atoms with Gasteiger partial charge in [0.15, 0.2) is 11.5 Å². The highest BCUT2D eigenvalue weighted by atomic mass is 16.2. The second kappa shape index (κ2) is 9.47. The predicted molar refractivity (Wildman–Crippen MR) is 114 cm³/mol. The van der Waals surface area contributed by atoms with Crippen LogP contribution in [0.3, 0.4) is 0 Å². The van der Waals surface area contributed by atoms with Crippen LogP contribution in [0.1, 0.15) is 48.2 Å². The van der Waals surface area contributed by atoms with E-state index in [0.717, 1.165) is 22.6 Å². The van der Waals surface area contributed by atoms with Gasteiger partial charge in [-0.05, 0) is 58.4 Å². The van der Waals surface area contributed by atoms with Crippen LogP contribution in [0.25, 0.3) is 0 Å². The molecule has 0 bridgehead atoms. The summed E-state index contributed by atoms with van der Waals surface area (Å²) >= 11 is 0. The standard InChI is InChI=1S/C21H30N6O2/c1-6-16-13(2)25-19(17(27-16)18(22)28)26-15-9-7-8-14(12-15)10-11-24-20(29)21(3,4)23-5/h7-9,12,23H,6,10-11H2,1-5H3,(H2,22,28)(H,24,29)(H,25,26). The maximum Gasteiger partial charge on any atom is 0.271 e. The zero-order valence-electron chi connectivity index (χ0n) is 17.7. The molecule has 0 aliphatic rings. The third kappa shape index (κ3) is 5.74. The largest absolute Gasteiger partial charge is 0.364 e. The quantitative estimate of drug-likeness (QED) is 0.511. The van der Waals surface area contributed by atoms with Crippen LogP contribution in [0.5, 0.6) is 0 Å². The summed E-state index contributed by atoms with van der Waals surface area (Å²) in [6.07, 6.45) is 1.34. The van der Waals surface area contributed by atoms with Gasteiger partial charge in [-0.15, -0.1) is 0 Å². The zero-order valence-corrected chi connectivity index (χ0v) is 17.7. The maximum absolute atomic E-state index is 12.1. The fourth-order valence-corrected chi connectivity index (χ4v) is 2.74. The lowest BCUT2D eigenvalue weighted by Crippen LogP contribution is -2.51. The molecule has 8 heteroatoms. The molecule has 8 nitrogen and oxygen atoms in total. The minimum absolute atomic E-state index is 0.0536. The number of anilines is 2. The summed E-state index contributed by atoms with van der Waals surface area (Å²) < 4.78 is 0. The smallest absolute Gasteiger partial charge is 0.271 e. The molecule has 0 atom stereocenters. The normalized spacial score (nSPS) is 11.2. The number of likely N-dealkylation sites (N-methyl/N-ethyl adjacent to an activating group) is 1. The fraction of sp³-hybridized carbons (Fsp3) is 0.429. The summed E-state index contributed by atoms with van der Waals surface area (Å²) in [5.74, 6) is -0.337. The lowest BCUT2D eigenvalue weighted by atomic mass is 10.0. The van der Waals surface area contributed by atoms with Gasteiger partial charge >= 0.3 is 0 Å². The third-order valence-corrected chi connectivity index (χ3v) is 4.82. The number of aromatic nitrogens is 2. The average molecular weight is 399 g/mol. The van der Waals surface area contributed by atoms with Crippen molar-refractivity contribution in [2.75, 3.05) is 18.9 Å². The van der Waals surface area contributed by atoms with Gasteiger partial charge in [0.25, 0.3) is 5.91 Å². The molecular weight excluding hydrogens is 368 g/mol. The molecule has 2 amide bonds. The molecule has 1 aromatic carbocycles. The van der Waals surface area contributed by atoms with Crippen LogP contribution in [-0.4, -0.2) is 40.9 Å². The summed E-state index contributed by atoms with van der Waals surface area (Å²) in [6.45, 7) is 7.98. The topological polar surface area (TPSA) is 122 Å². The first-order chi connectivity index (χ1) is 13.7. The van der Waals surface area contributed by atoms with Crippen LogP contribution >= 0.6 is 0 Å². The van der Waals surface area contributed by atoms with Gasteiger partial charge in [0, 0.05) is 12.2 Å². The van der Waals surface area contributed by atoms with E-state index in [9.17, 15) is 9.59 Å². The minimum atomic E-state index is -0.624. The van der Waals surface area contributed by atoms with E-state index in [1.807, 2.05) is 52.0 Å². The summed E-state index contributed by atoms with van der Waals surface area (Å²) in [4.78, 5) is 32.8. The molecule has 2 aromatic rings. The van der Waals surface area contributed by atoms with Gasteiger partial charge in [0.1, 0.15) is 0 Å². The molecule has 156 valence electrons. The van der Waals surface area contributed by atoms with Crippen LogP contribution in [0.4, 0.5) is 11.5 Å². The number of hydrogen-bond donors (Lipinski definition) is 4. The first-order valence-corrected chi connectivity index (χ1v) is 9.68. The van der Waals surface area contributed by atoms with E-state index in [2.05, 4.69) is 25.9 Å². The van der Waals surface area contributed by atoms with Crippen molar-refractivity contribution in [2.24, 2.45) is 5.73 Å². The van der Waals surface area contributed by atoms with Crippen molar-refractivity contribution >= 4 is 23.3 Å². The van der Waals surface area contributed by atoms with Crippen LogP contribution in [0.2, 0.25) is 0 Å². The fourth-order valence-electron chi connectivity index (χ4n) is 2.74. The van der Waals surface area contributed by atoms with Gasteiger partial charge in [-0.25, -0.2) is 9.97 Å². The van der Waals surface area contributed by atoms with Crippen molar-refractivity contribution in [3.8, 4) is 0 Å². The number of aryl methyl sites for hydroxylation is 2. The Balaban J connectivity index is 2.12. The molecule has 5 N–H and O–H groups in total. The average Bonchev–Trinajstić information content (AvgIpc) is 2.68. The molecule has 0 saturated heterocycles. The van der Waals surface area contributed by atoms with Crippen LogP contribution in [-0.2, 0) is 17.6 Å². The van der Waals surface area contributed by atoms with Crippen molar-refractivity contribution in [3.05, 3.63) is 46.9 Å². The molecule has 0 radical (unpaired) electrons. The van der Waals surface area contributed by atoms with Gasteiger partial charge in [0.2, 0.25) is 5.91 Å². The number of amides is 2. The van der Waals surface area contributed by atoms with Crippen molar-refractivity contribution in [1.29, 1.82) is 0 Å². The number of carbonyl (C=O) groups excluding carboxylic acids is 2. The Hall–Kier alpha value is -3.00.